The Labute approximate surface area is 114 Å². The lowest BCUT2D eigenvalue weighted by molar-refractivity contribution is 0.449. The molecule has 1 aromatic carbocycles. The molecule has 4 nitrogen and oxygen atoms in total. The van der Waals surface area contributed by atoms with Crippen LogP contribution in [0.1, 0.15) is 38.1 Å². The van der Waals surface area contributed by atoms with Gasteiger partial charge in [-0.15, -0.1) is 0 Å². The number of aromatic nitrogens is 2. The van der Waals surface area contributed by atoms with Gasteiger partial charge in [-0.25, -0.2) is 15.8 Å². The highest BCUT2D eigenvalue weighted by Gasteiger charge is 2.33. The van der Waals surface area contributed by atoms with Crippen LogP contribution in [0.3, 0.4) is 0 Å². The van der Waals surface area contributed by atoms with Gasteiger partial charge in [-0.05, 0) is 18.4 Å². The number of anilines is 1. The van der Waals surface area contributed by atoms with Crippen molar-refractivity contribution in [1.29, 1.82) is 0 Å². The largest absolute Gasteiger partial charge is 0.308 e. The smallest absolute Gasteiger partial charge is 0.143 e. The molecule has 19 heavy (non-hydrogen) atoms. The molecule has 1 aromatic heterocycles. The molecule has 0 bridgehead atoms. The predicted molar refractivity (Wildman–Crippen MR) is 77.6 cm³/mol. The third-order valence-corrected chi connectivity index (χ3v) is 3.76. The van der Waals surface area contributed by atoms with Crippen molar-refractivity contribution in [2.75, 3.05) is 5.43 Å². The standard InChI is InChI=1S/C15H20N4/c1-3-15(4-2,12-8-6-5-7-9-12)14-17-11-10-13(18-14)19-16/h5-11H,3-4,16H2,1-2H3,(H,17,18,19). The molecule has 0 aliphatic carbocycles. The van der Waals surface area contributed by atoms with Gasteiger partial charge in [0.2, 0.25) is 0 Å². The zero-order valence-corrected chi connectivity index (χ0v) is 11.4. The summed E-state index contributed by atoms with van der Waals surface area (Å²) >= 11 is 0. The van der Waals surface area contributed by atoms with Gasteiger partial charge >= 0.3 is 0 Å². The van der Waals surface area contributed by atoms with Crippen molar-refractivity contribution in [3.05, 3.63) is 54.0 Å². The van der Waals surface area contributed by atoms with Crippen LogP contribution in [0.15, 0.2) is 42.6 Å². The third kappa shape index (κ3) is 2.44. The van der Waals surface area contributed by atoms with Crippen LogP contribution >= 0.6 is 0 Å². The zero-order valence-electron chi connectivity index (χ0n) is 11.4. The molecule has 4 heteroatoms. The Morgan fingerprint density at radius 3 is 2.37 bits per heavy atom. The van der Waals surface area contributed by atoms with E-state index in [-0.39, 0.29) is 5.41 Å². The number of nitrogens with zero attached hydrogens (tertiary/aromatic N) is 2. The molecule has 2 aromatic rings. The summed E-state index contributed by atoms with van der Waals surface area (Å²) in [5.41, 5.74) is 3.67. The Balaban J connectivity index is 2.55. The number of rotatable bonds is 5. The molecule has 3 N–H and O–H groups in total. The van der Waals surface area contributed by atoms with Gasteiger partial charge in [0.15, 0.2) is 0 Å². The minimum atomic E-state index is -0.159. The molecule has 2 rings (SSSR count). The molecule has 1 heterocycles. The van der Waals surface area contributed by atoms with E-state index >= 15 is 0 Å². The highest BCUT2D eigenvalue weighted by molar-refractivity contribution is 5.37. The van der Waals surface area contributed by atoms with E-state index in [4.69, 9.17) is 5.84 Å². The Hall–Kier alpha value is -1.94. The summed E-state index contributed by atoms with van der Waals surface area (Å²) in [6.45, 7) is 4.34. The van der Waals surface area contributed by atoms with E-state index in [0.29, 0.717) is 5.82 Å². The summed E-state index contributed by atoms with van der Waals surface area (Å²) in [5, 5.41) is 0. The van der Waals surface area contributed by atoms with Crippen LogP contribution in [0.5, 0.6) is 0 Å². The molecule has 100 valence electrons. The molecule has 0 radical (unpaired) electrons. The maximum atomic E-state index is 5.44. The van der Waals surface area contributed by atoms with Gasteiger partial charge in [0, 0.05) is 12.3 Å². The summed E-state index contributed by atoms with van der Waals surface area (Å²) < 4.78 is 0. The first-order valence-corrected chi connectivity index (χ1v) is 6.62. The van der Waals surface area contributed by atoms with Gasteiger partial charge in [-0.3, -0.25) is 0 Å². The molecule has 0 atom stereocenters. The van der Waals surface area contributed by atoms with Crippen LogP contribution in [0, 0.1) is 0 Å². The van der Waals surface area contributed by atoms with Crippen LogP contribution in [0.4, 0.5) is 5.82 Å². The highest BCUT2D eigenvalue weighted by Crippen LogP contribution is 2.36. The summed E-state index contributed by atoms with van der Waals surface area (Å²) in [7, 11) is 0. The Morgan fingerprint density at radius 2 is 1.79 bits per heavy atom. The van der Waals surface area contributed by atoms with Crippen LogP contribution in [0.25, 0.3) is 0 Å². The summed E-state index contributed by atoms with van der Waals surface area (Å²) in [4.78, 5) is 9.01. The van der Waals surface area contributed by atoms with Crippen LogP contribution in [-0.2, 0) is 5.41 Å². The SMILES string of the molecule is CCC(CC)(c1ccccc1)c1nccc(NN)n1. The number of hydrazine groups is 1. The number of benzene rings is 1. The van der Waals surface area contributed by atoms with Gasteiger partial charge < -0.3 is 5.43 Å². The molecule has 0 saturated heterocycles. The summed E-state index contributed by atoms with van der Waals surface area (Å²) in [6.07, 6.45) is 3.64. The molecule has 0 spiro atoms. The second-order valence-electron chi connectivity index (χ2n) is 4.57. The second-order valence-corrected chi connectivity index (χ2v) is 4.57. The van der Waals surface area contributed by atoms with E-state index in [1.807, 2.05) is 6.07 Å². The quantitative estimate of drug-likeness (QED) is 0.638. The maximum Gasteiger partial charge on any atom is 0.143 e. The van der Waals surface area contributed by atoms with Crippen molar-refractivity contribution in [1.82, 2.24) is 9.97 Å². The van der Waals surface area contributed by atoms with Crippen LogP contribution < -0.4 is 11.3 Å². The van der Waals surface area contributed by atoms with Gasteiger partial charge in [0.05, 0.1) is 5.41 Å². The number of hydrogen-bond acceptors (Lipinski definition) is 4. The number of hydrogen-bond donors (Lipinski definition) is 2. The second kappa shape index (κ2) is 5.80. The molecule has 0 amide bonds. The molecule has 0 unspecified atom stereocenters. The fraction of sp³-hybridized carbons (Fsp3) is 0.333. The van der Waals surface area contributed by atoms with E-state index in [2.05, 4.69) is 53.5 Å². The topological polar surface area (TPSA) is 63.8 Å². The fourth-order valence-corrected chi connectivity index (χ4v) is 2.53. The Bertz CT molecular complexity index is 521. The maximum absolute atomic E-state index is 5.44. The number of nitrogens with one attached hydrogen (secondary N) is 1. The van der Waals surface area contributed by atoms with Gasteiger partial charge in [0.25, 0.3) is 0 Å². The minimum absolute atomic E-state index is 0.159. The zero-order chi connectivity index (χ0) is 13.7. The lowest BCUT2D eigenvalue weighted by Gasteiger charge is -2.30. The normalized spacial score (nSPS) is 11.3. The highest BCUT2D eigenvalue weighted by atomic mass is 15.3. The van der Waals surface area contributed by atoms with Crippen molar-refractivity contribution < 1.29 is 0 Å². The molecule has 0 fully saturated rings. The first-order chi connectivity index (χ1) is 9.26. The first-order valence-electron chi connectivity index (χ1n) is 6.62. The Kier molecular flexibility index (Phi) is 4.12. The van der Waals surface area contributed by atoms with E-state index in [1.165, 1.54) is 5.56 Å². The van der Waals surface area contributed by atoms with Crippen molar-refractivity contribution in [2.45, 2.75) is 32.1 Å². The van der Waals surface area contributed by atoms with E-state index in [0.717, 1.165) is 18.7 Å². The fourth-order valence-electron chi connectivity index (χ4n) is 2.53. The third-order valence-electron chi connectivity index (χ3n) is 3.76. The Morgan fingerprint density at radius 1 is 1.11 bits per heavy atom. The lowest BCUT2D eigenvalue weighted by Crippen LogP contribution is -2.29. The van der Waals surface area contributed by atoms with Crippen LogP contribution in [-0.4, -0.2) is 9.97 Å². The van der Waals surface area contributed by atoms with Crippen LogP contribution in [0.2, 0.25) is 0 Å². The van der Waals surface area contributed by atoms with E-state index in [1.54, 1.807) is 12.3 Å². The first kappa shape index (κ1) is 13.5. The van der Waals surface area contributed by atoms with Crippen molar-refractivity contribution in [3.8, 4) is 0 Å². The average molecular weight is 256 g/mol. The number of nitrogens with two attached hydrogens (primary N) is 1. The molecule has 0 saturated carbocycles. The summed E-state index contributed by atoms with van der Waals surface area (Å²) in [5.74, 6) is 6.91. The molecular weight excluding hydrogens is 236 g/mol. The minimum Gasteiger partial charge on any atom is -0.308 e. The van der Waals surface area contributed by atoms with Crippen molar-refractivity contribution in [2.24, 2.45) is 5.84 Å². The predicted octanol–water partition coefficient (Wildman–Crippen LogP) is 2.87. The van der Waals surface area contributed by atoms with Gasteiger partial charge in [-0.2, -0.15) is 0 Å². The number of nitrogen functional groups attached to an aromatic ring is 1. The van der Waals surface area contributed by atoms with E-state index < -0.39 is 0 Å². The van der Waals surface area contributed by atoms with E-state index in [9.17, 15) is 0 Å². The average Bonchev–Trinajstić information content (AvgIpc) is 2.50. The lowest BCUT2D eigenvalue weighted by atomic mass is 9.75. The molecule has 0 aliphatic heterocycles. The molecule has 0 aliphatic rings. The van der Waals surface area contributed by atoms with Crippen molar-refractivity contribution >= 4 is 5.82 Å². The molecular formula is C15H20N4. The van der Waals surface area contributed by atoms with Gasteiger partial charge in [-0.1, -0.05) is 44.2 Å². The summed E-state index contributed by atoms with van der Waals surface area (Å²) in [6, 6.07) is 12.2. The van der Waals surface area contributed by atoms with Gasteiger partial charge in [0.1, 0.15) is 11.6 Å². The van der Waals surface area contributed by atoms with Crippen molar-refractivity contribution in [3.63, 3.8) is 0 Å². The monoisotopic (exact) mass is 256 g/mol.